The number of methoxy groups -OCH3 is 1. The van der Waals surface area contributed by atoms with Crippen LogP contribution in [-0.4, -0.2) is 26.8 Å². The zero-order valence-electron chi connectivity index (χ0n) is 16.5. The summed E-state index contributed by atoms with van der Waals surface area (Å²) in [7, 11) is 1.68. The van der Waals surface area contributed by atoms with Crippen LogP contribution in [0.3, 0.4) is 0 Å². The third-order valence-electron chi connectivity index (χ3n) is 5.26. The lowest BCUT2D eigenvalue weighted by Gasteiger charge is -2.12. The van der Waals surface area contributed by atoms with Crippen molar-refractivity contribution in [1.29, 1.82) is 0 Å². The van der Waals surface area contributed by atoms with Crippen molar-refractivity contribution in [3.8, 4) is 16.9 Å². The molecule has 5 aromatic rings. The van der Waals surface area contributed by atoms with Crippen molar-refractivity contribution in [3.05, 3.63) is 72.0 Å². The van der Waals surface area contributed by atoms with E-state index in [-0.39, 0.29) is 0 Å². The van der Waals surface area contributed by atoms with E-state index in [2.05, 4.69) is 31.8 Å². The Kier molecular flexibility index (Phi) is 4.05. The minimum absolute atomic E-state index is 0.740. The summed E-state index contributed by atoms with van der Waals surface area (Å²) < 4.78 is 13.3. The summed E-state index contributed by atoms with van der Waals surface area (Å²) in [5, 5.41) is 5.09. The van der Waals surface area contributed by atoms with E-state index >= 15 is 0 Å². The number of fused-ring (bicyclic) bond motifs is 3. The molecule has 6 nitrogen and oxygen atoms in total. The summed E-state index contributed by atoms with van der Waals surface area (Å²) in [6, 6.07) is 14.4. The fourth-order valence-corrected chi connectivity index (χ4v) is 3.91. The molecule has 0 unspecified atom stereocenters. The van der Waals surface area contributed by atoms with E-state index in [9.17, 15) is 0 Å². The van der Waals surface area contributed by atoms with Crippen LogP contribution in [0, 0.1) is 13.8 Å². The molecule has 0 saturated carbocycles. The van der Waals surface area contributed by atoms with Crippen LogP contribution < -0.4 is 4.74 Å². The fraction of sp³-hybridized carbons (Fsp3) is 0.174. The third-order valence-corrected chi connectivity index (χ3v) is 5.26. The molecule has 5 rings (SSSR count). The summed E-state index contributed by atoms with van der Waals surface area (Å²) in [6.07, 6.45) is 3.69. The number of benzene rings is 2. The average Bonchev–Trinajstić information content (AvgIpc) is 3.30. The van der Waals surface area contributed by atoms with Crippen molar-refractivity contribution in [3.63, 3.8) is 0 Å². The first-order chi connectivity index (χ1) is 14.2. The van der Waals surface area contributed by atoms with E-state index in [1.165, 1.54) is 5.56 Å². The van der Waals surface area contributed by atoms with E-state index < -0.39 is 0 Å². The minimum Gasteiger partial charge on any atom is -0.496 e. The second kappa shape index (κ2) is 6.74. The van der Waals surface area contributed by atoms with Crippen LogP contribution in [0.15, 0.2) is 59.5 Å². The first kappa shape index (κ1) is 17.4. The Morgan fingerprint density at radius 1 is 1.03 bits per heavy atom. The van der Waals surface area contributed by atoms with Crippen LogP contribution in [0.25, 0.3) is 33.1 Å². The number of aryl methyl sites for hydroxylation is 2. The number of nitrogens with zero attached hydrogens (tertiary/aromatic N) is 4. The van der Waals surface area contributed by atoms with E-state index in [1.54, 1.807) is 7.11 Å². The highest BCUT2D eigenvalue weighted by Crippen LogP contribution is 2.38. The number of imidazole rings is 1. The molecule has 0 radical (unpaired) electrons. The molecule has 0 bridgehead atoms. The molecule has 0 spiro atoms. The molecule has 3 aromatic heterocycles. The summed E-state index contributed by atoms with van der Waals surface area (Å²) in [5.41, 5.74) is 6.71. The summed E-state index contributed by atoms with van der Waals surface area (Å²) in [4.78, 5) is 9.21. The second-order valence-electron chi connectivity index (χ2n) is 7.12. The summed E-state index contributed by atoms with van der Waals surface area (Å²) in [5.74, 6) is 1.52. The SMILES string of the molecule is COc1cc2c(cc1-c1c(C)noc1C)ncc1ncn(Cc3ccccc3)c12. The summed E-state index contributed by atoms with van der Waals surface area (Å²) in [6.45, 7) is 4.58. The van der Waals surface area contributed by atoms with Gasteiger partial charge in [0.2, 0.25) is 0 Å². The zero-order chi connectivity index (χ0) is 20.0. The number of hydrogen-bond acceptors (Lipinski definition) is 5. The van der Waals surface area contributed by atoms with Gasteiger partial charge in [-0.1, -0.05) is 35.5 Å². The molecular formula is C23H20N4O2. The van der Waals surface area contributed by atoms with Crippen molar-refractivity contribution in [1.82, 2.24) is 19.7 Å². The highest BCUT2D eigenvalue weighted by atomic mass is 16.5. The maximum absolute atomic E-state index is 5.74. The van der Waals surface area contributed by atoms with Crippen LogP contribution in [0.4, 0.5) is 0 Å². The van der Waals surface area contributed by atoms with Crippen molar-refractivity contribution in [2.24, 2.45) is 0 Å². The van der Waals surface area contributed by atoms with Crippen molar-refractivity contribution < 1.29 is 9.26 Å². The van der Waals surface area contributed by atoms with Crippen LogP contribution >= 0.6 is 0 Å². The molecule has 0 amide bonds. The number of rotatable bonds is 4. The molecule has 2 aromatic carbocycles. The Balaban J connectivity index is 1.74. The Hall–Kier alpha value is -3.67. The molecule has 0 fully saturated rings. The predicted octanol–water partition coefficient (Wildman–Crippen LogP) is 4.91. The van der Waals surface area contributed by atoms with E-state index in [4.69, 9.17) is 9.26 Å². The maximum Gasteiger partial charge on any atom is 0.141 e. The molecule has 29 heavy (non-hydrogen) atoms. The first-order valence-electron chi connectivity index (χ1n) is 9.44. The lowest BCUT2D eigenvalue weighted by molar-refractivity contribution is 0.393. The number of aromatic nitrogens is 4. The van der Waals surface area contributed by atoms with E-state index in [0.29, 0.717) is 0 Å². The van der Waals surface area contributed by atoms with Gasteiger partial charge in [-0.05, 0) is 31.5 Å². The largest absolute Gasteiger partial charge is 0.496 e. The lowest BCUT2D eigenvalue weighted by atomic mass is 10.0. The molecular weight excluding hydrogens is 364 g/mol. The first-order valence-corrected chi connectivity index (χ1v) is 9.44. The monoisotopic (exact) mass is 384 g/mol. The standard InChI is InChI=1S/C23H20N4O2/c1-14-22(15(2)29-26-14)18-9-19-17(10-21(18)28-3)23-20(11-24-19)25-13-27(23)12-16-7-5-4-6-8-16/h4-11,13H,12H2,1-3H3. The van der Waals surface area contributed by atoms with Gasteiger partial charge in [-0.15, -0.1) is 0 Å². The Bertz CT molecular complexity index is 1320. The van der Waals surface area contributed by atoms with E-state index in [0.717, 1.165) is 56.8 Å². The average molecular weight is 384 g/mol. The number of ether oxygens (including phenoxy) is 1. The minimum atomic E-state index is 0.740. The highest BCUT2D eigenvalue weighted by molar-refractivity contribution is 6.04. The van der Waals surface area contributed by atoms with Gasteiger partial charge in [0.25, 0.3) is 0 Å². The number of pyridine rings is 1. The fourth-order valence-electron chi connectivity index (χ4n) is 3.91. The quantitative estimate of drug-likeness (QED) is 0.440. The van der Waals surface area contributed by atoms with Gasteiger partial charge in [0.1, 0.15) is 17.0 Å². The predicted molar refractivity (Wildman–Crippen MR) is 112 cm³/mol. The molecule has 0 aliphatic rings. The van der Waals surface area contributed by atoms with Crippen LogP contribution in [0.1, 0.15) is 17.0 Å². The molecule has 0 aliphatic heterocycles. The molecule has 0 N–H and O–H groups in total. The van der Waals surface area contributed by atoms with Gasteiger partial charge in [-0.3, -0.25) is 4.98 Å². The number of hydrogen-bond donors (Lipinski definition) is 0. The Morgan fingerprint density at radius 2 is 1.86 bits per heavy atom. The van der Waals surface area contributed by atoms with Crippen molar-refractivity contribution in [2.75, 3.05) is 7.11 Å². The highest BCUT2D eigenvalue weighted by Gasteiger charge is 2.19. The molecule has 144 valence electrons. The van der Waals surface area contributed by atoms with E-state index in [1.807, 2.05) is 56.7 Å². The lowest BCUT2D eigenvalue weighted by Crippen LogP contribution is -1.99. The Morgan fingerprint density at radius 3 is 2.59 bits per heavy atom. The van der Waals surface area contributed by atoms with Crippen molar-refractivity contribution >= 4 is 21.9 Å². The van der Waals surface area contributed by atoms with Gasteiger partial charge in [0, 0.05) is 17.5 Å². The maximum atomic E-state index is 5.74. The molecule has 0 atom stereocenters. The zero-order valence-corrected chi connectivity index (χ0v) is 16.5. The topological polar surface area (TPSA) is 66.0 Å². The van der Waals surface area contributed by atoms with Crippen LogP contribution in [0.5, 0.6) is 5.75 Å². The summed E-state index contributed by atoms with van der Waals surface area (Å²) >= 11 is 0. The van der Waals surface area contributed by atoms with Gasteiger partial charge < -0.3 is 13.8 Å². The third kappa shape index (κ3) is 2.84. The second-order valence-corrected chi connectivity index (χ2v) is 7.12. The molecule has 0 aliphatic carbocycles. The van der Waals surface area contributed by atoms with Gasteiger partial charge >= 0.3 is 0 Å². The van der Waals surface area contributed by atoms with Gasteiger partial charge in [-0.2, -0.15) is 0 Å². The van der Waals surface area contributed by atoms with Crippen LogP contribution in [-0.2, 0) is 6.54 Å². The van der Waals surface area contributed by atoms with Gasteiger partial charge in [0.15, 0.2) is 0 Å². The smallest absolute Gasteiger partial charge is 0.141 e. The van der Waals surface area contributed by atoms with Crippen molar-refractivity contribution in [2.45, 2.75) is 20.4 Å². The molecule has 3 heterocycles. The molecule has 6 heteroatoms. The van der Waals surface area contributed by atoms with Gasteiger partial charge in [-0.25, -0.2) is 4.98 Å². The normalized spacial score (nSPS) is 11.4. The van der Waals surface area contributed by atoms with Gasteiger partial charge in [0.05, 0.1) is 41.9 Å². The Labute approximate surface area is 167 Å². The van der Waals surface area contributed by atoms with Crippen LogP contribution in [0.2, 0.25) is 0 Å². The molecule has 0 saturated heterocycles.